The molecule has 1 aromatic heterocycles. The Balaban J connectivity index is 2.21. The maximum atomic E-state index is 13.3. The van der Waals surface area contributed by atoms with Gasteiger partial charge in [0.1, 0.15) is 5.82 Å². The van der Waals surface area contributed by atoms with E-state index in [0.717, 1.165) is 5.69 Å². The first kappa shape index (κ1) is 12.9. The zero-order valence-electron chi connectivity index (χ0n) is 9.78. The van der Waals surface area contributed by atoms with E-state index in [2.05, 4.69) is 20.9 Å². The molecule has 2 aromatic rings. The van der Waals surface area contributed by atoms with E-state index < -0.39 is 0 Å². The third-order valence-corrected chi connectivity index (χ3v) is 3.50. The number of halogens is 2. The fraction of sp³-hybridized carbons (Fsp3) is 0.143. The first-order valence-corrected chi connectivity index (χ1v) is 6.26. The molecule has 0 N–H and O–H groups in total. The molecule has 0 aliphatic rings. The molecule has 0 saturated heterocycles. The number of carbonyl (C=O) groups is 1. The summed E-state index contributed by atoms with van der Waals surface area (Å²) in [6.07, 6.45) is 1.70. The third-order valence-electron chi connectivity index (χ3n) is 2.62. The van der Waals surface area contributed by atoms with Gasteiger partial charge in [-0.05, 0) is 46.6 Å². The molecule has 1 heterocycles. The summed E-state index contributed by atoms with van der Waals surface area (Å²) in [4.78, 5) is 16.1. The molecule has 0 fully saturated rings. The number of rotatable bonds is 3. The first-order valence-electron chi connectivity index (χ1n) is 5.46. The Kier molecular flexibility index (Phi) is 3.87. The Morgan fingerprint density at radius 1 is 1.33 bits per heavy atom. The lowest BCUT2D eigenvalue weighted by Gasteiger charge is -2.05. The molecule has 4 heteroatoms. The van der Waals surface area contributed by atoms with Crippen molar-refractivity contribution in [1.82, 2.24) is 4.98 Å². The molecule has 0 bridgehead atoms. The lowest BCUT2D eigenvalue weighted by molar-refractivity contribution is 0.0992. The van der Waals surface area contributed by atoms with Crippen molar-refractivity contribution in [3.63, 3.8) is 0 Å². The second-order valence-electron chi connectivity index (χ2n) is 4.00. The van der Waals surface area contributed by atoms with E-state index in [-0.39, 0.29) is 18.0 Å². The van der Waals surface area contributed by atoms with Crippen molar-refractivity contribution in [3.05, 3.63) is 63.6 Å². The highest BCUT2D eigenvalue weighted by Crippen LogP contribution is 2.21. The van der Waals surface area contributed by atoms with Gasteiger partial charge < -0.3 is 0 Å². The molecule has 0 spiro atoms. The summed E-state index contributed by atoms with van der Waals surface area (Å²) in [5.74, 6) is -0.434. The van der Waals surface area contributed by atoms with Crippen LogP contribution in [0.15, 0.2) is 41.0 Å². The molecule has 2 nitrogen and oxygen atoms in total. The highest BCUT2D eigenvalue weighted by Gasteiger charge is 2.11. The average Bonchev–Trinajstić information content (AvgIpc) is 2.36. The van der Waals surface area contributed by atoms with Crippen LogP contribution in [0.4, 0.5) is 4.39 Å². The smallest absolute Gasteiger partial charge is 0.168 e. The predicted molar refractivity (Wildman–Crippen MR) is 71.1 cm³/mol. The van der Waals surface area contributed by atoms with Gasteiger partial charge in [0.25, 0.3) is 0 Å². The van der Waals surface area contributed by atoms with E-state index in [1.165, 1.54) is 6.07 Å². The Hall–Kier alpha value is -1.55. The number of benzene rings is 1. The van der Waals surface area contributed by atoms with Crippen LogP contribution in [0.25, 0.3) is 0 Å². The molecule has 0 radical (unpaired) electrons. The predicted octanol–water partition coefficient (Wildman–Crippen LogP) is 3.72. The topological polar surface area (TPSA) is 30.0 Å². The zero-order valence-corrected chi connectivity index (χ0v) is 11.4. The summed E-state index contributed by atoms with van der Waals surface area (Å²) in [6.45, 7) is 1.86. The Morgan fingerprint density at radius 2 is 2.11 bits per heavy atom. The second kappa shape index (κ2) is 5.40. The normalized spacial score (nSPS) is 10.4. The minimum Gasteiger partial charge on any atom is -0.294 e. The molecule has 0 amide bonds. The van der Waals surface area contributed by atoms with Gasteiger partial charge in [-0.2, -0.15) is 0 Å². The minimum absolute atomic E-state index is 0.0752. The fourth-order valence-electron chi connectivity index (χ4n) is 1.59. The number of aryl methyl sites for hydroxylation is 1. The van der Waals surface area contributed by atoms with Gasteiger partial charge in [0.05, 0.1) is 4.47 Å². The SMILES string of the molecule is Cc1ccc(C(=O)Cc2cccc(F)c2Br)cn1. The van der Waals surface area contributed by atoms with E-state index in [4.69, 9.17) is 0 Å². The molecular weight excluding hydrogens is 297 g/mol. The number of ketones is 1. The van der Waals surface area contributed by atoms with Crippen LogP contribution in [0.1, 0.15) is 21.6 Å². The summed E-state index contributed by atoms with van der Waals surface area (Å²) in [6, 6.07) is 8.19. The highest BCUT2D eigenvalue weighted by molar-refractivity contribution is 9.10. The highest BCUT2D eigenvalue weighted by atomic mass is 79.9. The molecule has 0 aliphatic heterocycles. The maximum Gasteiger partial charge on any atom is 0.168 e. The molecule has 0 aliphatic carbocycles. The van der Waals surface area contributed by atoms with Gasteiger partial charge in [-0.1, -0.05) is 12.1 Å². The molecular formula is C14H11BrFNO. The van der Waals surface area contributed by atoms with E-state index in [0.29, 0.717) is 15.6 Å². The Labute approximate surface area is 113 Å². The fourth-order valence-corrected chi connectivity index (χ4v) is 2.00. The quantitative estimate of drug-likeness (QED) is 0.809. The van der Waals surface area contributed by atoms with E-state index >= 15 is 0 Å². The largest absolute Gasteiger partial charge is 0.294 e. The molecule has 1 aromatic carbocycles. The minimum atomic E-state index is -0.359. The van der Waals surface area contributed by atoms with Gasteiger partial charge in [-0.25, -0.2) is 4.39 Å². The van der Waals surface area contributed by atoms with Crippen molar-refractivity contribution in [1.29, 1.82) is 0 Å². The van der Waals surface area contributed by atoms with Crippen molar-refractivity contribution in [3.8, 4) is 0 Å². The monoisotopic (exact) mass is 307 g/mol. The van der Waals surface area contributed by atoms with Crippen molar-refractivity contribution >= 4 is 21.7 Å². The van der Waals surface area contributed by atoms with Crippen molar-refractivity contribution in [2.75, 3.05) is 0 Å². The van der Waals surface area contributed by atoms with E-state index in [9.17, 15) is 9.18 Å². The second-order valence-corrected chi connectivity index (χ2v) is 4.79. The zero-order chi connectivity index (χ0) is 13.1. The summed E-state index contributed by atoms with van der Waals surface area (Å²) in [5.41, 5.74) is 2.04. The van der Waals surface area contributed by atoms with Gasteiger partial charge >= 0.3 is 0 Å². The maximum absolute atomic E-state index is 13.3. The van der Waals surface area contributed by atoms with Crippen LogP contribution in [-0.4, -0.2) is 10.8 Å². The standard InChI is InChI=1S/C14H11BrFNO/c1-9-5-6-11(8-17-9)13(18)7-10-3-2-4-12(16)14(10)15/h2-6,8H,7H2,1H3. The molecule has 92 valence electrons. The number of carbonyl (C=O) groups excluding carboxylic acids is 1. The van der Waals surface area contributed by atoms with Gasteiger partial charge in [0, 0.05) is 23.9 Å². The van der Waals surface area contributed by atoms with E-state index in [1.54, 1.807) is 30.5 Å². The molecule has 0 unspecified atom stereocenters. The Bertz CT molecular complexity index is 581. The molecule has 18 heavy (non-hydrogen) atoms. The van der Waals surface area contributed by atoms with Crippen LogP contribution in [0.3, 0.4) is 0 Å². The number of pyridine rings is 1. The van der Waals surface area contributed by atoms with Gasteiger partial charge in [0.15, 0.2) is 5.78 Å². The van der Waals surface area contributed by atoms with E-state index in [1.807, 2.05) is 6.92 Å². The van der Waals surface area contributed by atoms with Crippen LogP contribution in [-0.2, 0) is 6.42 Å². The number of Topliss-reactive ketones (excluding diaryl/α,β-unsaturated/α-hetero) is 1. The lowest BCUT2D eigenvalue weighted by atomic mass is 10.0. The van der Waals surface area contributed by atoms with Crippen LogP contribution >= 0.6 is 15.9 Å². The molecule has 0 saturated carbocycles. The number of nitrogens with zero attached hydrogens (tertiary/aromatic N) is 1. The molecule has 0 atom stereocenters. The summed E-state index contributed by atoms with van der Waals surface area (Å²) in [5, 5.41) is 0. The lowest BCUT2D eigenvalue weighted by Crippen LogP contribution is -2.05. The van der Waals surface area contributed by atoms with Crippen molar-refractivity contribution < 1.29 is 9.18 Å². The van der Waals surface area contributed by atoms with Gasteiger partial charge in [0.2, 0.25) is 0 Å². The van der Waals surface area contributed by atoms with Crippen LogP contribution in [0, 0.1) is 12.7 Å². The van der Waals surface area contributed by atoms with Gasteiger partial charge in [-0.3, -0.25) is 9.78 Å². The number of aromatic nitrogens is 1. The third kappa shape index (κ3) is 2.82. The van der Waals surface area contributed by atoms with Crippen LogP contribution in [0.2, 0.25) is 0 Å². The summed E-state index contributed by atoms with van der Waals surface area (Å²) >= 11 is 3.15. The van der Waals surface area contributed by atoms with Crippen LogP contribution < -0.4 is 0 Å². The number of hydrogen-bond donors (Lipinski definition) is 0. The first-order chi connectivity index (χ1) is 8.58. The summed E-state index contributed by atoms with van der Waals surface area (Å²) in [7, 11) is 0. The van der Waals surface area contributed by atoms with Crippen LogP contribution in [0.5, 0.6) is 0 Å². The van der Waals surface area contributed by atoms with Crippen molar-refractivity contribution in [2.24, 2.45) is 0 Å². The Morgan fingerprint density at radius 3 is 2.78 bits per heavy atom. The molecule has 2 rings (SSSR count). The number of hydrogen-bond acceptors (Lipinski definition) is 2. The summed E-state index contributed by atoms with van der Waals surface area (Å²) < 4.78 is 13.7. The average molecular weight is 308 g/mol. The van der Waals surface area contributed by atoms with Gasteiger partial charge in [-0.15, -0.1) is 0 Å². The van der Waals surface area contributed by atoms with Crippen molar-refractivity contribution in [2.45, 2.75) is 13.3 Å².